The number of carboxylic acid groups (broad SMARTS) is 1. The van der Waals surface area contributed by atoms with Gasteiger partial charge in [-0.15, -0.1) is 5.10 Å². The first-order chi connectivity index (χ1) is 8.38. The first-order valence-corrected chi connectivity index (χ1v) is 4.58. The van der Waals surface area contributed by atoms with E-state index < -0.39 is 17.8 Å². The van der Waals surface area contributed by atoms with Gasteiger partial charge in [-0.25, -0.2) is 14.5 Å². The Morgan fingerprint density at radius 2 is 2.06 bits per heavy atom. The van der Waals surface area contributed by atoms with Crippen LogP contribution in [0, 0.1) is 0 Å². The molecule has 0 aliphatic heterocycles. The predicted molar refractivity (Wildman–Crippen MR) is 51.1 cm³/mol. The average molecular weight is 258 g/mol. The van der Waals surface area contributed by atoms with Gasteiger partial charge in [0.2, 0.25) is 0 Å². The third kappa shape index (κ3) is 2.29. The van der Waals surface area contributed by atoms with E-state index in [1.54, 1.807) is 0 Å². The zero-order valence-electron chi connectivity index (χ0n) is 8.59. The number of aromatic nitrogens is 4. The first kappa shape index (κ1) is 12.0. The zero-order valence-corrected chi connectivity index (χ0v) is 8.59. The van der Waals surface area contributed by atoms with Crippen molar-refractivity contribution in [3.63, 3.8) is 0 Å². The maximum Gasteiger partial charge on any atom is 0.433 e. The van der Waals surface area contributed by atoms with E-state index in [0.717, 1.165) is 23.0 Å². The fraction of sp³-hybridized carbons (Fsp3) is 0.111. The van der Waals surface area contributed by atoms with Crippen molar-refractivity contribution >= 4 is 5.97 Å². The summed E-state index contributed by atoms with van der Waals surface area (Å²) < 4.78 is 38.1. The second-order valence-corrected chi connectivity index (χ2v) is 3.23. The number of hydrogen-bond acceptors (Lipinski definition) is 4. The van der Waals surface area contributed by atoms with Gasteiger partial charge in [0.25, 0.3) is 0 Å². The third-order valence-corrected chi connectivity index (χ3v) is 1.97. The third-order valence-electron chi connectivity index (χ3n) is 1.97. The van der Waals surface area contributed by atoms with Crippen LogP contribution in [0.3, 0.4) is 0 Å². The maximum atomic E-state index is 12.4. The molecule has 2 aromatic heterocycles. The molecule has 0 radical (unpaired) electrons. The molecule has 0 spiro atoms. The molecule has 6 nitrogen and oxygen atoms in total. The zero-order chi connectivity index (χ0) is 13.3. The van der Waals surface area contributed by atoms with E-state index >= 15 is 0 Å². The normalized spacial score (nSPS) is 11.5. The predicted octanol–water partition coefficient (Wildman–Crippen LogP) is 1.38. The Morgan fingerprint density at radius 3 is 2.61 bits per heavy atom. The van der Waals surface area contributed by atoms with Crippen molar-refractivity contribution in [3.05, 3.63) is 35.8 Å². The summed E-state index contributed by atoms with van der Waals surface area (Å²) in [6, 6.07) is 3.21. The molecule has 0 unspecified atom stereocenters. The lowest BCUT2D eigenvalue weighted by Gasteiger charge is -2.06. The molecule has 0 atom stereocenters. The van der Waals surface area contributed by atoms with Crippen molar-refractivity contribution in [1.29, 1.82) is 0 Å². The van der Waals surface area contributed by atoms with Gasteiger partial charge in [-0.05, 0) is 12.1 Å². The summed E-state index contributed by atoms with van der Waals surface area (Å²) in [5, 5.41) is 15.3. The number of carbonyl (C=O) groups is 1. The lowest BCUT2D eigenvalue weighted by atomic mass is 10.3. The summed E-state index contributed by atoms with van der Waals surface area (Å²) >= 11 is 0. The van der Waals surface area contributed by atoms with Gasteiger partial charge in [-0.1, -0.05) is 11.3 Å². The minimum atomic E-state index is -4.58. The molecule has 0 saturated heterocycles. The Labute approximate surface area is 97.7 Å². The molecule has 0 aromatic carbocycles. The fourth-order valence-electron chi connectivity index (χ4n) is 1.18. The number of nitrogens with zero attached hydrogens (tertiary/aromatic N) is 4. The smallest absolute Gasteiger partial charge is 0.433 e. The number of halogens is 3. The number of alkyl halides is 3. The first-order valence-electron chi connectivity index (χ1n) is 4.58. The van der Waals surface area contributed by atoms with Crippen LogP contribution in [0.2, 0.25) is 0 Å². The standard InChI is InChI=1S/C9H5F3N4O2/c10-9(11,12)6-2-1-3-7(13-6)16-4-5(8(17)18)14-15-16/h1-4H,(H,17,18). The summed E-state index contributed by atoms with van der Waals surface area (Å²) in [7, 11) is 0. The molecule has 94 valence electrons. The highest BCUT2D eigenvalue weighted by Crippen LogP contribution is 2.27. The lowest BCUT2D eigenvalue weighted by Crippen LogP contribution is -2.10. The van der Waals surface area contributed by atoms with Crippen LogP contribution in [-0.4, -0.2) is 31.1 Å². The SMILES string of the molecule is O=C(O)c1cn(-c2cccc(C(F)(F)F)n2)nn1. The van der Waals surface area contributed by atoms with Gasteiger partial charge in [-0.2, -0.15) is 13.2 Å². The number of pyridine rings is 1. The van der Waals surface area contributed by atoms with Gasteiger partial charge in [0.05, 0.1) is 6.20 Å². The Kier molecular flexibility index (Phi) is 2.73. The molecule has 2 aromatic rings. The van der Waals surface area contributed by atoms with Crippen LogP contribution in [0.15, 0.2) is 24.4 Å². The summed E-state index contributed by atoms with van der Waals surface area (Å²) in [5.74, 6) is -1.49. The minimum absolute atomic E-state index is 0.162. The molecule has 0 amide bonds. The second-order valence-electron chi connectivity index (χ2n) is 3.23. The van der Waals surface area contributed by atoms with Crippen molar-refractivity contribution in [2.75, 3.05) is 0 Å². The van der Waals surface area contributed by atoms with Gasteiger partial charge in [0, 0.05) is 0 Å². The Bertz CT molecular complexity index is 593. The van der Waals surface area contributed by atoms with Crippen molar-refractivity contribution in [2.45, 2.75) is 6.18 Å². The molecule has 2 heterocycles. The number of rotatable bonds is 2. The van der Waals surface area contributed by atoms with Crippen LogP contribution < -0.4 is 0 Å². The molecule has 0 fully saturated rings. The molecular weight excluding hydrogens is 253 g/mol. The molecule has 1 N–H and O–H groups in total. The highest BCUT2D eigenvalue weighted by Gasteiger charge is 2.32. The van der Waals surface area contributed by atoms with E-state index in [1.807, 2.05) is 0 Å². The van der Waals surface area contributed by atoms with E-state index in [1.165, 1.54) is 6.07 Å². The second kappa shape index (κ2) is 4.09. The van der Waals surface area contributed by atoms with E-state index in [-0.39, 0.29) is 11.5 Å². The largest absolute Gasteiger partial charge is 0.476 e. The highest BCUT2D eigenvalue weighted by atomic mass is 19.4. The van der Waals surface area contributed by atoms with Crippen LogP contribution >= 0.6 is 0 Å². The van der Waals surface area contributed by atoms with Crippen LogP contribution in [0.4, 0.5) is 13.2 Å². The molecule has 0 saturated carbocycles. The Hall–Kier alpha value is -2.45. The summed E-state index contributed by atoms with van der Waals surface area (Å²) in [4.78, 5) is 13.9. The van der Waals surface area contributed by atoms with Crippen LogP contribution in [0.1, 0.15) is 16.2 Å². The molecular formula is C9H5F3N4O2. The average Bonchev–Trinajstić information content (AvgIpc) is 2.77. The van der Waals surface area contributed by atoms with Crippen LogP contribution in [0.5, 0.6) is 0 Å². The van der Waals surface area contributed by atoms with Crippen molar-refractivity contribution in [2.24, 2.45) is 0 Å². The highest BCUT2D eigenvalue weighted by molar-refractivity contribution is 5.84. The monoisotopic (exact) mass is 258 g/mol. The van der Waals surface area contributed by atoms with E-state index in [4.69, 9.17) is 5.11 Å². The van der Waals surface area contributed by atoms with Crippen molar-refractivity contribution in [3.8, 4) is 5.82 Å². The number of aromatic carboxylic acids is 1. The summed E-state index contributed by atoms with van der Waals surface area (Å²) in [6.07, 6.45) is -3.60. The topological polar surface area (TPSA) is 80.9 Å². The van der Waals surface area contributed by atoms with Gasteiger partial charge in [0.15, 0.2) is 11.5 Å². The molecule has 2 rings (SSSR count). The Balaban J connectivity index is 2.41. The lowest BCUT2D eigenvalue weighted by molar-refractivity contribution is -0.141. The van der Waals surface area contributed by atoms with Crippen LogP contribution in [0.25, 0.3) is 5.82 Å². The minimum Gasteiger partial charge on any atom is -0.476 e. The molecule has 0 bridgehead atoms. The summed E-state index contributed by atoms with van der Waals surface area (Å²) in [5.41, 5.74) is -1.47. The van der Waals surface area contributed by atoms with E-state index in [9.17, 15) is 18.0 Å². The van der Waals surface area contributed by atoms with Gasteiger partial charge in [-0.3, -0.25) is 0 Å². The molecule has 0 aliphatic rings. The van der Waals surface area contributed by atoms with Gasteiger partial charge >= 0.3 is 12.1 Å². The van der Waals surface area contributed by atoms with Crippen molar-refractivity contribution < 1.29 is 23.1 Å². The summed E-state index contributed by atoms with van der Waals surface area (Å²) in [6.45, 7) is 0. The van der Waals surface area contributed by atoms with Gasteiger partial charge in [0.1, 0.15) is 5.69 Å². The van der Waals surface area contributed by atoms with Crippen LogP contribution in [-0.2, 0) is 6.18 Å². The number of hydrogen-bond donors (Lipinski definition) is 1. The molecule has 9 heteroatoms. The fourth-order valence-corrected chi connectivity index (χ4v) is 1.18. The van der Waals surface area contributed by atoms with E-state index in [0.29, 0.717) is 0 Å². The molecule has 0 aliphatic carbocycles. The van der Waals surface area contributed by atoms with Crippen molar-refractivity contribution in [1.82, 2.24) is 20.0 Å². The maximum absolute atomic E-state index is 12.4. The van der Waals surface area contributed by atoms with E-state index in [2.05, 4.69) is 15.3 Å². The quantitative estimate of drug-likeness (QED) is 0.880. The van der Waals surface area contributed by atoms with Gasteiger partial charge < -0.3 is 5.11 Å². The Morgan fingerprint density at radius 1 is 1.33 bits per heavy atom. The number of carboxylic acids is 1. The molecule has 18 heavy (non-hydrogen) atoms.